The SMILES string of the molecule is CCCCOC(=O)NC(c1ccccc1)c1ccc(C(F)(F)F)cc1. The molecular weight excluding hydrogens is 331 g/mol. The molecule has 0 bridgehead atoms. The van der Waals surface area contributed by atoms with Crippen LogP contribution in [0.15, 0.2) is 54.6 Å². The molecule has 0 saturated carbocycles. The van der Waals surface area contributed by atoms with E-state index in [1.807, 2.05) is 13.0 Å². The van der Waals surface area contributed by atoms with Crippen molar-refractivity contribution >= 4 is 6.09 Å². The lowest BCUT2D eigenvalue weighted by atomic mass is 9.98. The van der Waals surface area contributed by atoms with Crippen molar-refractivity contribution in [2.45, 2.75) is 32.0 Å². The summed E-state index contributed by atoms with van der Waals surface area (Å²) in [7, 11) is 0. The van der Waals surface area contributed by atoms with Gasteiger partial charge in [0.05, 0.1) is 18.2 Å². The second-order valence-corrected chi connectivity index (χ2v) is 5.60. The van der Waals surface area contributed by atoms with Crippen molar-refractivity contribution in [1.29, 1.82) is 0 Å². The van der Waals surface area contributed by atoms with Gasteiger partial charge in [-0.05, 0) is 29.7 Å². The van der Waals surface area contributed by atoms with Crippen molar-refractivity contribution in [3.8, 4) is 0 Å². The van der Waals surface area contributed by atoms with Gasteiger partial charge >= 0.3 is 12.3 Å². The Morgan fingerprint density at radius 2 is 1.64 bits per heavy atom. The first-order valence-corrected chi connectivity index (χ1v) is 8.07. The zero-order chi connectivity index (χ0) is 18.3. The van der Waals surface area contributed by atoms with Gasteiger partial charge in [-0.2, -0.15) is 13.2 Å². The number of rotatable bonds is 6. The van der Waals surface area contributed by atoms with Gasteiger partial charge in [-0.25, -0.2) is 4.79 Å². The first-order valence-electron chi connectivity index (χ1n) is 8.07. The summed E-state index contributed by atoms with van der Waals surface area (Å²) in [5, 5.41) is 2.72. The number of hydrogen-bond donors (Lipinski definition) is 1. The highest BCUT2D eigenvalue weighted by molar-refractivity contribution is 5.68. The number of alkyl carbamates (subject to hydrolysis) is 1. The van der Waals surface area contributed by atoms with E-state index in [4.69, 9.17) is 4.74 Å². The van der Waals surface area contributed by atoms with Crippen LogP contribution >= 0.6 is 0 Å². The largest absolute Gasteiger partial charge is 0.450 e. The minimum absolute atomic E-state index is 0.302. The van der Waals surface area contributed by atoms with Gasteiger partial charge in [0.25, 0.3) is 0 Å². The van der Waals surface area contributed by atoms with Gasteiger partial charge in [-0.1, -0.05) is 55.8 Å². The third kappa shape index (κ3) is 5.52. The molecule has 0 aliphatic rings. The van der Waals surface area contributed by atoms with Gasteiger partial charge in [0.2, 0.25) is 0 Å². The molecule has 0 aliphatic carbocycles. The van der Waals surface area contributed by atoms with Crippen LogP contribution in [0.1, 0.15) is 42.5 Å². The van der Waals surface area contributed by atoms with E-state index in [0.717, 1.165) is 30.5 Å². The van der Waals surface area contributed by atoms with Crippen molar-refractivity contribution < 1.29 is 22.7 Å². The Balaban J connectivity index is 2.21. The van der Waals surface area contributed by atoms with Crippen LogP contribution in [0.5, 0.6) is 0 Å². The van der Waals surface area contributed by atoms with E-state index in [1.165, 1.54) is 12.1 Å². The van der Waals surface area contributed by atoms with E-state index in [1.54, 1.807) is 24.3 Å². The quantitative estimate of drug-likeness (QED) is 0.715. The summed E-state index contributed by atoms with van der Waals surface area (Å²) in [6, 6.07) is 13.2. The summed E-state index contributed by atoms with van der Waals surface area (Å²) in [4.78, 5) is 12.0. The van der Waals surface area contributed by atoms with Crippen molar-refractivity contribution in [1.82, 2.24) is 5.32 Å². The summed E-state index contributed by atoms with van der Waals surface area (Å²) in [6.45, 7) is 2.28. The van der Waals surface area contributed by atoms with Crippen LogP contribution in [0.3, 0.4) is 0 Å². The maximum Gasteiger partial charge on any atom is 0.416 e. The lowest BCUT2D eigenvalue weighted by molar-refractivity contribution is -0.137. The average molecular weight is 351 g/mol. The van der Waals surface area contributed by atoms with Gasteiger partial charge in [0.1, 0.15) is 0 Å². The maximum absolute atomic E-state index is 12.7. The second kappa shape index (κ2) is 8.55. The third-order valence-corrected chi connectivity index (χ3v) is 3.70. The number of halogens is 3. The van der Waals surface area contributed by atoms with Crippen molar-refractivity contribution in [2.75, 3.05) is 6.61 Å². The smallest absolute Gasteiger partial charge is 0.416 e. The monoisotopic (exact) mass is 351 g/mol. The molecule has 0 aliphatic heterocycles. The fourth-order valence-corrected chi connectivity index (χ4v) is 2.34. The van der Waals surface area contributed by atoms with E-state index in [0.29, 0.717) is 12.2 Å². The van der Waals surface area contributed by atoms with Crippen LogP contribution in [0.2, 0.25) is 0 Å². The molecule has 2 aromatic carbocycles. The fraction of sp³-hybridized carbons (Fsp3) is 0.316. The molecule has 2 rings (SSSR count). The molecule has 0 saturated heterocycles. The molecule has 1 N–H and O–H groups in total. The van der Waals surface area contributed by atoms with Gasteiger partial charge in [-0.3, -0.25) is 0 Å². The normalized spacial score (nSPS) is 12.5. The minimum atomic E-state index is -4.40. The Bertz CT molecular complexity index is 669. The number of alkyl halides is 3. The Kier molecular flexibility index (Phi) is 6.44. The first-order chi connectivity index (χ1) is 11.9. The maximum atomic E-state index is 12.7. The average Bonchev–Trinajstić information content (AvgIpc) is 2.60. The second-order valence-electron chi connectivity index (χ2n) is 5.60. The molecule has 134 valence electrons. The number of hydrogen-bond acceptors (Lipinski definition) is 2. The number of ether oxygens (including phenoxy) is 1. The van der Waals surface area contributed by atoms with E-state index in [9.17, 15) is 18.0 Å². The summed E-state index contributed by atoms with van der Waals surface area (Å²) >= 11 is 0. The van der Waals surface area contributed by atoms with Crippen LogP contribution in [0, 0.1) is 0 Å². The van der Waals surface area contributed by atoms with Crippen molar-refractivity contribution in [3.05, 3.63) is 71.3 Å². The zero-order valence-corrected chi connectivity index (χ0v) is 13.8. The van der Waals surface area contributed by atoms with E-state index in [2.05, 4.69) is 5.32 Å². The highest BCUT2D eigenvalue weighted by Gasteiger charge is 2.30. The van der Waals surface area contributed by atoms with Crippen LogP contribution in [-0.4, -0.2) is 12.7 Å². The predicted octanol–water partition coefficient (Wildman–Crippen LogP) is 5.32. The van der Waals surface area contributed by atoms with Crippen molar-refractivity contribution in [2.24, 2.45) is 0 Å². The summed E-state index contributed by atoms with van der Waals surface area (Å²) < 4.78 is 43.3. The summed E-state index contributed by atoms with van der Waals surface area (Å²) in [5.74, 6) is 0. The van der Waals surface area contributed by atoms with Crippen molar-refractivity contribution in [3.63, 3.8) is 0 Å². The molecule has 1 atom stereocenters. The van der Waals surface area contributed by atoms with Crippen LogP contribution in [0.4, 0.5) is 18.0 Å². The molecule has 0 radical (unpaired) electrons. The highest BCUT2D eigenvalue weighted by Crippen LogP contribution is 2.31. The predicted molar refractivity (Wildman–Crippen MR) is 89.1 cm³/mol. The first kappa shape index (κ1) is 18.8. The Labute approximate surface area is 144 Å². The number of carbonyl (C=O) groups excluding carboxylic acids is 1. The van der Waals surface area contributed by atoms with Gasteiger partial charge in [0.15, 0.2) is 0 Å². The number of unbranched alkanes of at least 4 members (excludes halogenated alkanes) is 1. The molecule has 0 fully saturated rings. The molecule has 0 spiro atoms. The topological polar surface area (TPSA) is 38.3 Å². The molecule has 0 heterocycles. The van der Waals surface area contributed by atoms with E-state index >= 15 is 0 Å². The molecule has 2 aromatic rings. The standard InChI is InChI=1S/C19H20F3NO2/c1-2-3-13-25-18(24)23-17(14-7-5-4-6-8-14)15-9-11-16(12-10-15)19(20,21)22/h4-12,17H,2-3,13H2,1H3,(H,23,24). The molecule has 0 aromatic heterocycles. The summed E-state index contributed by atoms with van der Waals surface area (Å²) in [6.07, 6.45) is -3.34. The third-order valence-electron chi connectivity index (χ3n) is 3.70. The summed E-state index contributed by atoms with van der Waals surface area (Å²) in [5.41, 5.74) is 0.579. The van der Waals surface area contributed by atoms with Crippen LogP contribution in [-0.2, 0) is 10.9 Å². The fourth-order valence-electron chi connectivity index (χ4n) is 2.34. The molecular formula is C19H20F3NO2. The minimum Gasteiger partial charge on any atom is -0.450 e. The van der Waals surface area contributed by atoms with Gasteiger partial charge in [-0.15, -0.1) is 0 Å². The van der Waals surface area contributed by atoms with Crippen LogP contribution < -0.4 is 5.32 Å². The Morgan fingerprint density at radius 3 is 2.20 bits per heavy atom. The van der Waals surface area contributed by atoms with E-state index < -0.39 is 23.9 Å². The van der Waals surface area contributed by atoms with E-state index in [-0.39, 0.29) is 0 Å². The Hall–Kier alpha value is -2.50. The number of amides is 1. The molecule has 3 nitrogen and oxygen atoms in total. The number of carbonyl (C=O) groups is 1. The van der Waals surface area contributed by atoms with Crippen LogP contribution in [0.25, 0.3) is 0 Å². The number of nitrogens with one attached hydrogen (secondary N) is 1. The molecule has 1 unspecified atom stereocenters. The molecule has 6 heteroatoms. The van der Waals surface area contributed by atoms with Gasteiger partial charge in [0, 0.05) is 0 Å². The lowest BCUT2D eigenvalue weighted by Gasteiger charge is -2.20. The zero-order valence-electron chi connectivity index (χ0n) is 13.8. The lowest BCUT2D eigenvalue weighted by Crippen LogP contribution is -2.30. The Morgan fingerprint density at radius 1 is 1.04 bits per heavy atom. The highest BCUT2D eigenvalue weighted by atomic mass is 19.4. The molecule has 25 heavy (non-hydrogen) atoms. The van der Waals surface area contributed by atoms with Gasteiger partial charge < -0.3 is 10.1 Å². The molecule has 1 amide bonds. The number of benzene rings is 2.